The summed E-state index contributed by atoms with van der Waals surface area (Å²) in [6.07, 6.45) is 0. The zero-order chi connectivity index (χ0) is 21.5. The lowest BCUT2D eigenvalue weighted by Crippen LogP contribution is -2.55. The molecule has 0 spiro atoms. The van der Waals surface area contributed by atoms with Crippen molar-refractivity contribution in [2.24, 2.45) is 0 Å². The van der Waals surface area contributed by atoms with Crippen LogP contribution in [0.2, 0.25) is 0 Å². The van der Waals surface area contributed by atoms with E-state index in [0.29, 0.717) is 0 Å². The van der Waals surface area contributed by atoms with E-state index in [4.69, 9.17) is 9.31 Å². The van der Waals surface area contributed by atoms with Gasteiger partial charge in [-0.15, -0.1) is 0 Å². The maximum absolute atomic E-state index is 6.32. The van der Waals surface area contributed by atoms with E-state index in [1.165, 1.54) is 27.5 Å². The van der Waals surface area contributed by atoms with Crippen LogP contribution in [0, 0.1) is 13.8 Å². The van der Waals surface area contributed by atoms with Crippen LogP contribution >= 0.6 is 0 Å². The van der Waals surface area contributed by atoms with Crippen molar-refractivity contribution in [1.29, 1.82) is 0 Å². The van der Waals surface area contributed by atoms with Crippen molar-refractivity contribution in [1.82, 2.24) is 0 Å². The predicted molar refractivity (Wildman–Crippen MR) is 129 cm³/mol. The summed E-state index contributed by atoms with van der Waals surface area (Å²) in [5.74, 6) is 0. The van der Waals surface area contributed by atoms with Crippen molar-refractivity contribution in [3.63, 3.8) is 0 Å². The summed E-state index contributed by atoms with van der Waals surface area (Å²) in [5, 5.41) is 0. The van der Waals surface area contributed by atoms with Gasteiger partial charge in [0.05, 0.1) is 11.2 Å². The van der Waals surface area contributed by atoms with Crippen LogP contribution in [-0.4, -0.2) is 25.0 Å². The molecule has 0 radical (unpaired) electrons. The standard InChI is InChI=1S/C26H30B2O2/c1-19-12-7-9-16-23(19)27(24-17-10-8-13-20(24)2)21-14-11-15-22(18-21)28-29-25(3,4)26(5,6)30-28/h7-18H,1-6H3. The topological polar surface area (TPSA) is 18.5 Å². The monoisotopic (exact) mass is 396 g/mol. The number of hydrogen-bond acceptors (Lipinski definition) is 2. The first-order valence-electron chi connectivity index (χ1n) is 10.8. The SMILES string of the molecule is Cc1ccccc1B(c1cccc(B2OC(C)(C)C(C)(C)O2)c1)c1ccccc1C. The molecule has 4 rings (SSSR count). The Bertz CT molecular complexity index is 997. The van der Waals surface area contributed by atoms with Crippen molar-refractivity contribution >= 4 is 35.7 Å². The summed E-state index contributed by atoms with van der Waals surface area (Å²) >= 11 is 0. The number of benzene rings is 3. The van der Waals surface area contributed by atoms with Crippen LogP contribution in [0.1, 0.15) is 38.8 Å². The van der Waals surface area contributed by atoms with Crippen LogP contribution in [0.4, 0.5) is 0 Å². The van der Waals surface area contributed by atoms with Crippen LogP contribution in [-0.2, 0) is 9.31 Å². The Morgan fingerprint density at radius 1 is 0.667 bits per heavy atom. The van der Waals surface area contributed by atoms with Gasteiger partial charge >= 0.3 is 7.12 Å². The summed E-state index contributed by atoms with van der Waals surface area (Å²) in [7, 11) is -0.357. The fraction of sp³-hybridized carbons (Fsp3) is 0.308. The maximum Gasteiger partial charge on any atom is 0.494 e. The van der Waals surface area contributed by atoms with E-state index in [2.05, 4.69) is 114 Å². The van der Waals surface area contributed by atoms with Crippen LogP contribution in [0.5, 0.6) is 0 Å². The zero-order valence-electron chi connectivity index (χ0n) is 18.9. The van der Waals surface area contributed by atoms with E-state index in [9.17, 15) is 0 Å². The second-order valence-electron chi connectivity index (χ2n) is 9.40. The molecule has 0 N–H and O–H groups in total. The molecule has 0 aromatic heterocycles. The third-order valence-electron chi connectivity index (χ3n) is 6.77. The Morgan fingerprint density at radius 3 is 1.67 bits per heavy atom. The van der Waals surface area contributed by atoms with Crippen molar-refractivity contribution in [2.45, 2.75) is 52.7 Å². The van der Waals surface area contributed by atoms with Gasteiger partial charge < -0.3 is 9.31 Å². The Labute approximate surface area is 181 Å². The first-order chi connectivity index (χ1) is 14.2. The van der Waals surface area contributed by atoms with Gasteiger partial charge in [-0.05, 0) is 47.0 Å². The van der Waals surface area contributed by atoms with Gasteiger partial charge in [-0.2, -0.15) is 0 Å². The van der Waals surface area contributed by atoms with Gasteiger partial charge in [-0.3, -0.25) is 0 Å². The normalized spacial score (nSPS) is 17.2. The molecule has 3 aromatic carbocycles. The highest BCUT2D eigenvalue weighted by Gasteiger charge is 2.51. The molecular formula is C26H30B2O2. The second-order valence-corrected chi connectivity index (χ2v) is 9.40. The van der Waals surface area contributed by atoms with Crippen LogP contribution in [0.3, 0.4) is 0 Å². The van der Waals surface area contributed by atoms with E-state index >= 15 is 0 Å². The zero-order valence-corrected chi connectivity index (χ0v) is 18.9. The van der Waals surface area contributed by atoms with E-state index in [1.54, 1.807) is 0 Å². The number of rotatable bonds is 4. The lowest BCUT2D eigenvalue weighted by Gasteiger charge is -2.32. The molecule has 0 amide bonds. The summed E-state index contributed by atoms with van der Waals surface area (Å²) in [6, 6.07) is 26.1. The van der Waals surface area contributed by atoms with E-state index in [-0.39, 0.29) is 25.0 Å². The van der Waals surface area contributed by atoms with E-state index in [1.807, 2.05) is 0 Å². The molecular weight excluding hydrogens is 366 g/mol. The number of aryl methyl sites for hydroxylation is 2. The highest BCUT2D eigenvalue weighted by atomic mass is 16.7. The van der Waals surface area contributed by atoms with Crippen molar-refractivity contribution in [2.75, 3.05) is 0 Å². The van der Waals surface area contributed by atoms with Gasteiger partial charge in [0.25, 0.3) is 0 Å². The maximum atomic E-state index is 6.32. The van der Waals surface area contributed by atoms with Gasteiger partial charge in [-0.1, -0.05) is 100 Å². The molecule has 152 valence electrons. The lowest BCUT2D eigenvalue weighted by molar-refractivity contribution is 0.00578. The summed E-state index contributed by atoms with van der Waals surface area (Å²) in [6.45, 7) is 12.9. The first-order valence-corrected chi connectivity index (χ1v) is 10.8. The lowest BCUT2D eigenvalue weighted by atomic mass is 9.35. The fourth-order valence-electron chi connectivity index (χ4n) is 4.21. The average molecular weight is 396 g/mol. The molecule has 0 bridgehead atoms. The van der Waals surface area contributed by atoms with Crippen molar-refractivity contribution in [3.05, 3.63) is 83.9 Å². The van der Waals surface area contributed by atoms with Crippen LogP contribution in [0.25, 0.3) is 0 Å². The molecule has 0 unspecified atom stereocenters. The smallest absolute Gasteiger partial charge is 0.399 e. The molecule has 1 saturated heterocycles. The van der Waals surface area contributed by atoms with Gasteiger partial charge in [0.2, 0.25) is 6.71 Å². The molecule has 1 aliphatic heterocycles. The average Bonchev–Trinajstić information content (AvgIpc) is 2.93. The molecule has 1 heterocycles. The molecule has 1 aliphatic rings. The Balaban J connectivity index is 1.81. The Kier molecular flexibility index (Phi) is 5.42. The largest absolute Gasteiger partial charge is 0.494 e. The van der Waals surface area contributed by atoms with Crippen LogP contribution in [0.15, 0.2) is 72.8 Å². The summed E-state index contributed by atoms with van der Waals surface area (Å²) in [5.41, 5.74) is 6.89. The number of hydrogen-bond donors (Lipinski definition) is 0. The molecule has 30 heavy (non-hydrogen) atoms. The highest BCUT2D eigenvalue weighted by molar-refractivity contribution is 6.96. The predicted octanol–water partition coefficient (Wildman–Crippen LogP) is 3.12. The third-order valence-corrected chi connectivity index (χ3v) is 6.77. The third kappa shape index (κ3) is 3.75. The quantitative estimate of drug-likeness (QED) is 0.632. The van der Waals surface area contributed by atoms with Gasteiger partial charge in [0.1, 0.15) is 0 Å². The molecule has 4 heteroatoms. The highest BCUT2D eigenvalue weighted by Crippen LogP contribution is 2.36. The van der Waals surface area contributed by atoms with Crippen molar-refractivity contribution in [3.8, 4) is 0 Å². The minimum absolute atomic E-state index is 0.162. The minimum atomic E-state index is -0.357. The molecule has 0 aliphatic carbocycles. The first kappa shape index (κ1) is 21.0. The molecule has 3 aromatic rings. The Morgan fingerprint density at radius 2 is 1.17 bits per heavy atom. The van der Waals surface area contributed by atoms with E-state index in [0.717, 1.165) is 5.46 Å². The molecule has 2 nitrogen and oxygen atoms in total. The fourth-order valence-corrected chi connectivity index (χ4v) is 4.21. The van der Waals surface area contributed by atoms with Gasteiger partial charge in [-0.25, -0.2) is 0 Å². The van der Waals surface area contributed by atoms with Crippen LogP contribution < -0.4 is 21.9 Å². The Hall–Kier alpha value is -2.29. The van der Waals surface area contributed by atoms with Gasteiger partial charge in [0, 0.05) is 0 Å². The second kappa shape index (κ2) is 7.76. The van der Waals surface area contributed by atoms with Gasteiger partial charge in [0.15, 0.2) is 0 Å². The van der Waals surface area contributed by atoms with E-state index < -0.39 is 0 Å². The summed E-state index contributed by atoms with van der Waals surface area (Å²) < 4.78 is 12.6. The van der Waals surface area contributed by atoms with Crippen molar-refractivity contribution < 1.29 is 9.31 Å². The summed E-state index contributed by atoms with van der Waals surface area (Å²) in [4.78, 5) is 0. The minimum Gasteiger partial charge on any atom is -0.399 e. The molecule has 0 atom stereocenters. The molecule has 1 fully saturated rings. The molecule has 0 saturated carbocycles.